The van der Waals surface area contributed by atoms with Crippen LogP contribution in [0.1, 0.15) is 11.1 Å². The van der Waals surface area contributed by atoms with Crippen LogP contribution in [0.25, 0.3) is 6.08 Å². The zero-order chi connectivity index (χ0) is 24.1. The van der Waals surface area contributed by atoms with Crippen molar-refractivity contribution in [2.75, 3.05) is 16.8 Å². The average Bonchev–Trinajstić information content (AvgIpc) is 2.81. The van der Waals surface area contributed by atoms with Gasteiger partial charge in [-0.1, -0.05) is 42.5 Å². The molecule has 0 aromatic heterocycles. The topological polar surface area (TPSA) is 87.7 Å². The number of para-hydroxylation sites is 1. The minimum absolute atomic E-state index is 0.0232. The molecule has 3 amide bonds. The van der Waals surface area contributed by atoms with Gasteiger partial charge in [0, 0.05) is 5.69 Å². The number of rotatable bonds is 6. The van der Waals surface area contributed by atoms with E-state index < -0.39 is 11.8 Å². The third-order valence-electron chi connectivity index (χ3n) is 4.96. The highest BCUT2D eigenvalue weighted by Crippen LogP contribution is 2.23. The van der Waals surface area contributed by atoms with Gasteiger partial charge < -0.3 is 10.1 Å². The average molecular weight is 472 g/mol. The Bertz CT molecular complexity index is 1300. The van der Waals surface area contributed by atoms with Crippen molar-refractivity contribution in [2.45, 2.75) is 6.92 Å². The summed E-state index contributed by atoms with van der Waals surface area (Å²) in [5.41, 5.74) is 2.78. The fourth-order valence-corrected chi connectivity index (χ4v) is 3.68. The van der Waals surface area contributed by atoms with E-state index in [1.54, 1.807) is 54.6 Å². The lowest BCUT2D eigenvalue weighted by molar-refractivity contribution is -0.122. The first-order chi connectivity index (χ1) is 16.4. The summed E-state index contributed by atoms with van der Waals surface area (Å²) < 4.78 is 5.60. The van der Waals surface area contributed by atoms with Crippen molar-refractivity contribution in [3.8, 4) is 5.75 Å². The molecule has 1 aliphatic heterocycles. The summed E-state index contributed by atoms with van der Waals surface area (Å²) in [6.45, 7) is 1.75. The molecule has 4 rings (SSSR count). The summed E-state index contributed by atoms with van der Waals surface area (Å²) in [6, 6.07) is 23.1. The second-order valence-corrected chi connectivity index (χ2v) is 7.96. The van der Waals surface area contributed by atoms with E-state index in [2.05, 4.69) is 10.6 Å². The van der Waals surface area contributed by atoms with Crippen LogP contribution in [0.15, 0.2) is 84.4 Å². The SMILES string of the molecule is Cc1cccc(NC(=O)COc2cccc(/C=C3/C(=O)NC(=S)N(c4ccccc4)C3=O)c2)c1. The first-order valence-corrected chi connectivity index (χ1v) is 10.9. The Hall–Kier alpha value is -4.30. The van der Waals surface area contributed by atoms with Crippen molar-refractivity contribution < 1.29 is 19.1 Å². The van der Waals surface area contributed by atoms with E-state index in [0.717, 1.165) is 5.56 Å². The zero-order valence-electron chi connectivity index (χ0n) is 18.3. The molecule has 0 radical (unpaired) electrons. The Labute approximate surface area is 202 Å². The number of carbonyl (C=O) groups excluding carboxylic acids is 3. The van der Waals surface area contributed by atoms with Gasteiger partial charge >= 0.3 is 0 Å². The van der Waals surface area contributed by atoms with Gasteiger partial charge in [0.2, 0.25) is 0 Å². The molecular weight excluding hydrogens is 450 g/mol. The Morgan fingerprint density at radius 3 is 2.56 bits per heavy atom. The molecule has 7 nitrogen and oxygen atoms in total. The van der Waals surface area contributed by atoms with E-state index in [-0.39, 0.29) is 23.2 Å². The number of benzene rings is 3. The van der Waals surface area contributed by atoms with Crippen molar-refractivity contribution >= 4 is 52.5 Å². The lowest BCUT2D eigenvalue weighted by Crippen LogP contribution is -2.54. The molecule has 1 heterocycles. The van der Waals surface area contributed by atoms with Gasteiger partial charge in [-0.3, -0.25) is 24.6 Å². The van der Waals surface area contributed by atoms with E-state index in [1.165, 1.54) is 11.0 Å². The number of nitrogens with one attached hydrogen (secondary N) is 2. The minimum atomic E-state index is -0.578. The van der Waals surface area contributed by atoms with Crippen LogP contribution in [0.4, 0.5) is 11.4 Å². The second kappa shape index (κ2) is 10.1. The highest BCUT2D eigenvalue weighted by molar-refractivity contribution is 7.80. The van der Waals surface area contributed by atoms with Gasteiger partial charge in [0.1, 0.15) is 11.3 Å². The maximum Gasteiger partial charge on any atom is 0.270 e. The number of aryl methyl sites for hydroxylation is 1. The summed E-state index contributed by atoms with van der Waals surface area (Å²) in [5.74, 6) is -0.981. The maximum absolute atomic E-state index is 13.1. The number of amides is 3. The molecule has 0 atom stereocenters. The number of thiocarbonyl (C=S) groups is 1. The molecule has 34 heavy (non-hydrogen) atoms. The van der Waals surface area contributed by atoms with Crippen LogP contribution in [-0.4, -0.2) is 29.4 Å². The summed E-state index contributed by atoms with van der Waals surface area (Å²) >= 11 is 5.20. The first kappa shape index (κ1) is 22.9. The van der Waals surface area contributed by atoms with Crippen LogP contribution in [0.5, 0.6) is 5.75 Å². The van der Waals surface area contributed by atoms with Crippen LogP contribution < -0.4 is 20.3 Å². The molecule has 0 saturated carbocycles. The number of hydrogen-bond acceptors (Lipinski definition) is 5. The molecular formula is C26H21N3O4S. The normalized spacial score (nSPS) is 14.7. The zero-order valence-corrected chi connectivity index (χ0v) is 19.1. The molecule has 0 bridgehead atoms. The predicted molar refractivity (Wildman–Crippen MR) is 134 cm³/mol. The Kier molecular flexibility index (Phi) is 6.79. The van der Waals surface area contributed by atoms with Gasteiger partial charge in [-0.25, -0.2) is 0 Å². The predicted octanol–water partition coefficient (Wildman–Crippen LogP) is 3.84. The molecule has 1 fully saturated rings. The molecule has 0 aliphatic carbocycles. The number of carbonyl (C=O) groups is 3. The molecule has 2 N–H and O–H groups in total. The maximum atomic E-state index is 13.1. The van der Waals surface area contributed by atoms with E-state index in [0.29, 0.717) is 22.7 Å². The van der Waals surface area contributed by atoms with Crippen LogP contribution >= 0.6 is 12.2 Å². The smallest absolute Gasteiger partial charge is 0.270 e. The molecule has 1 saturated heterocycles. The molecule has 3 aromatic rings. The third kappa shape index (κ3) is 5.36. The number of nitrogens with zero attached hydrogens (tertiary/aromatic N) is 1. The number of ether oxygens (including phenoxy) is 1. The lowest BCUT2D eigenvalue weighted by Gasteiger charge is -2.28. The standard InChI is InChI=1S/C26H21N3O4S/c1-17-7-5-9-19(13-17)27-23(30)16-33-21-12-6-8-18(14-21)15-22-24(31)28-26(34)29(25(22)32)20-10-3-2-4-11-20/h2-15H,16H2,1H3,(H,27,30)(H,28,31,34)/b22-15-. The van der Waals surface area contributed by atoms with E-state index in [9.17, 15) is 14.4 Å². The van der Waals surface area contributed by atoms with Crippen molar-refractivity contribution in [3.05, 3.63) is 95.6 Å². The van der Waals surface area contributed by atoms with Gasteiger partial charge in [0.05, 0.1) is 5.69 Å². The van der Waals surface area contributed by atoms with Gasteiger partial charge in [-0.2, -0.15) is 0 Å². The quantitative estimate of drug-likeness (QED) is 0.324. The van der Waals surface area contributed by atoms with Crippen LogP contribution in [0.2, 0.25) is 0 Å². The van der Waals surface area contributed by atoms with E-state index in [4.69, 9.17) is 17.0 Å². The highest BCUT2D eigenvalue weighted by atomic mass is 32.1. The van der Waals surface area contributed by atoms with Crippen molar-refractivity contribution in [3.63, 3.8) is 0 Å². The van der Waals surface area contributed by atoms with Gasteiger partial charge in [0.15, 0.2) is 11.7 Å². The molecule has 170 valence electrons. The second-order valence-electron chi connectivity index (χ2n) is 7.57. The Morgan fingerprint density at radius 2 is 1.79 bits per heavy atom. The fraction of sp³-hybridized carbons (Fsp3) is 0.0769. The molecule has 8 heteroatoms. The first-order valence-electron chi connectivity index (χ1n) is 10.5. The molecule has 0 unspecified atom stereocenters. The van der Waals surface area contributed by atoms with Gasteiger partial charge in [-0.05, 0) is 72.7 Å². The monoisotopic (exact) mass is 471 g/mol. The van der Waals surface area contributed by atoms with Crippen molar-refractivity contribution in [1.29, 1.82) is 0 Å². The summed E-state index contributed by atoms with van der Waals surface area (Å²) in [7, 11) is 0. The lowest BCUT2D eigenvalue weighted by atomic mass is 10.1. The van der Waals surface area contributed by atoms with Crippen molar-refractivity contribution in [1.82, 2.24) is 5.32 Å². The molecule has 0 spiro atoms. The number of anilines is 2. The van der Waals surface area contributed by atoms with Gasteiger partial charge in [-0.15, -0.1) is 0 Å². The third-order valence-corrected chi connectivity index (χ3v) is 5.24. The van der Waals surface area contributed by atoms with Crippen molar-refractivity contribution in [2.24, 2.45) is 0 Å². The summed E-state index contributed by atoms with van der Waals surface area (Å²) in [4.78, 5) is 39.1. The van der Waals surface area contributed by atoms with Crippen LogP contribution in [0.3, 0.4) is 0 Å². The Balaban J connectivity index is 1.47. The van der Waals surface area contributed by atoms with E-state index in [1.807, 2.05) is 31.2 Å². The highest BCUT2D eigenvalue weighted by Gasteiger charge is 2.34. The minimum Gasteiger partial charge on any atom is -0.484 e. The van der Waals surface area contributed by atoms with E-state index >= 15 is 0 Å². The van der Waals surface area contributed by atoms with Crippen LogP contribution in [-0.2, 0) is 14.4 Å². The van der Waals surface area contributed by atoms with Crippen LogP contribution in [0, 0.1) is 6.92 Å². The van der Waals surface area contributed by atoms with Gasteiger partial charge in [0.25, 0.3) is 17.7 Å². The molecule has 1 aliphatic rings. The largest absolute Gasteiger partial charge is 0.484 e. The Morgan fingerprint density at radius 1 is 1.03 bits per heavy atom. The fourth-order valence-electron chi connectivity index (χ4n) is 3.40. The summed E-state index contributed by atoms with van der Waals surface area (Å²) in [5, 5.41) is 5.36. The molecule has 3 aromatic carbocycles. The summed E-state index contributed by atoms with van der Waals surface area (Å²) in [6.07, 6.45) is 1.47. The number of hydrogen-bond donors (Lipinski definition) is 2.